The fourth-order valence-electron chi connectivity index (χ4n) is 3.34. The molecule has 0 saturated heterocycles. The van der Waals surface area contributed by atoms with Gasteiger partial charge in [-0.15, -0.1) is 11.8 Å². The van der Waals surface area contributed by atoms with Crippen molar-refractivity contribution in [1.29, 1.82) is 0 Å². The number of thioether (sulfide) groups is 1. The number of fused-ring (bicyclic) bond motifs is 1. The maximum Gasteiger partial charge on any atom is 0.339 e. The lowest BCUT2D eigenvalue weighted by atomic mass is 10.2. The number of nitrogens with zero attached hydrogens (tertiary/aromatic N) is 2. The SMILES string of the molecule is COC(=O)c1ccccc1NC(=O)Nc1ccccc1SCc1cc(=O)n2cc(C)ccc2n1. The van der Waals surface area contributed by atoms with Crippen LogP contribution >= 0.6 is 11.8 Å². The zero-order valence-corrected chi connectivity index (χ0v) is 19.4. The Morgan fingerprint density at radius 2 is 1.71 bits per heavy atom. The number of hydrogen-bond acceptors (Lipinski definition) is 6. The summed E-state index contributed by atoms with van der Waals surface area (Å²) in [5, 5.41) is 5.51. The number of methoxy groups -OCH3 is 1. The Hall–Kier alpha value is -4.11. The number of para-hydroxylation sites is 2. The van der Waals surface area contributed by atoms with Gasteiger partial charge in [0.05, 0.1) is 29.7 Å². The summed E-state index contributed by atoms with van der Waals surface area (Å²) in [6, 6.07) is 18.7. The van der Waals surface area contributed by atoms with Gasteiger partial charge >= 0.3 is 12.0 Å². The molecule has 0 atom stereocenters. The van der Waals surface area contributed by atoms with Crippen LogP contribution in [0, 0.1) is 6.92 Å². The summed E-state index contributed by atoms with van der Waals surface area (Å²) < 4.78 is 6.29. The molecule has 4 rings (SSSR count). The molecule has 0 aliphatic heterocycles. The van der Waals surface area contributed by atoms with Gasteiger partial charge in [-0.25, -0.2) is 14.6 Å². The van der Waals surface area contributed by atoms with Gasteiger partial charge in [-0.05, 0) is 42.8 Å². The van der Waals surface area contributed by atoms with E-state index in [0.717, 1.165) is 10.5 Å². The van der Waals surface area contributed by atoms with Crippen LogP contribution in [0.5, 0.6) is 0 Å². The largest absolute Gasteiger partial charge is 0.465 e. The molecule has 34 heavy (non-hydrogen) atoms. The molecule has 0 bridgehead atoms. The van der Waals surface area contributed by atoms with Gasteiger partial charge in [-0.1, -0.05) is 30.3 Å². The molecule has 0 aliphatic rings. The number of benzene rings is 2. The summed E-state index contributed by atoms with van der Waals surface area (Å²) in [5.74, 6) is -0.0914. The van der Waals surface area contributed by atoms with E-state index in [1.54, 1.807) is 36.5 Å². The predicted octanol–water partition coefficient (Wildman–Crippen LogP) is 4.73. The number of nitrogens with one attached hydrogen (secondary N) is 2. The highest BCUT2D eigenvalue weighted by molar-refractivity contribution is 7.98. The topological polar surface area (TPSA) is 102 Å². The second-order valence-corrected chi connectivity index (χ2v) is 8.44. The van der Waals surface area contributed by atoms with Crippen molar-refractivity contribution in [3.63, 3.8) is 0 Å². The number of hydrogen-bond donors (Lipinski definition) is 2. The molecule has 0 spiro atoms. The zero-order valence-electron chi connectivity index (χ0n) is 18.6. The molecule has 0 fully saturated rings. The summed E-state index contributed by atoms with van der Waals surface area (Å²) in [6.07, 6.45) is 1.76. The monoisotopic (exact) mass is 474 g/mol. The quantitative estimate of drug-likeness (QED) is 0.310. The van der Waals surface area contributed by atoms with Crippen LogP contribution in [0.25, 0.3) is 5.65 Å². The van der Waals surface area contributed by atoms with E-state index >= 15 is 0 Å². The molecule has 9 heteroatoms. The summed E-state index contributed by atoms with van der Waals surface area (Å²) in [4.78, 5) is 42.4. The average molecular weight is 475 g/mol. The van der Waals surface area contributed by atoms with Crippen molar-refractivity contribution < 1.29 is 14.3 Å². The molecule has 4 aromatic rings. The number of anilines is 2. The zero-order chi connectivity index (χ0) is 24.1. The minimum atomic E-state index is -0.541. The molecule has 172 valence electrons. The van der Waals surface area contributed by atoms with E-state index in [4.69, 9.17) is 4.74 Å². The molecule has 2 amide bonds. The molecule has 2 N–H and O–H groups in total. The van der Waals surface area contributed by atoms with Crippen molar-refractivity contribution in [2.24, 2.45) is 0 Å². The molecule has 2 heterocycles. The minimum absolute atomic E-state index is 0.139. The molecular formula is C25H22N4O4S. The third-order valence-corrected chi connectivity index (χ3v) is 6.06. The second-order valence-electron chi connectivity index (χ2n) is 7.42. The molecule has 0 aliphatic carbocycles. The van der Waals surface area contributed by atoms with E-state index in [1.165, 1.54) is 29.3 Å². The molecule has 0 unspecified atom stereocenters. The first-order chi connectivity index (χ1) is 16.4. The van der Waals surface area contributed by atoms with Crippen molar-refractivity contribution >= 4 is 40.8 Å². The highest BCUT2D eigenvalue weighted by Gasteiger charge is 2.14. The van der Waals surface area contributed by atoms with Crippen molar-refractivity contribution in [3.05, 3.63) is 100 Å². The number of ether oxygens (including phenoxy) is 1. The molecular weight excluding hydrogens is 452 g/mol. The van der Waals surface area contributed by atoms with Gasteiger partial charge in [0.2, 0.25) is 0 Å². The van der Waals surface area contributed by atoms with E-state index in [1.807, 2.05) is 37.3 Å². The van der Waals surface area contributed by atoms with Gasteiger partial charge in [-0.3, -0.25) is 9.20 Å². The van der Waals surface area contributed by atoms with E-state index in [9.17, 15) is 14.4 Å². The fourth-order valence-corrected chi connectivity index (χ4v) is 4.24. The Morgan fingerprint density at radius 1 is 1.00 bits per heavy atom. The Bertz CT molecular complexity index is 1430. The van der Waals surface area contributed by atoms with Crippen molar-refractivity contribution in [2.45, 2.75) is 17.6 Å². The van der Waals surface area contributed by atoms with Crippen LogP contribution in [0.3, 0.4) is 0 Å². The number of carbonyl (C=O) groups excluding carboxylic acids is 2. The summed E-state index contributed by atoms with van der Waals surface area (Å²) >= 11 is 1.45. The van der Waals surface area contributed by atoms with Crippen molar-refractivity contribution in [3.8, 4) is 0 Å². The smallest absolute Gasteiger partial charge is 0.339 e. The number of carbonyl (C=O) groups is 2. The maximum atomic E-state index is 12.7. The average Bonchev–Trinajstić information content (AvgIpc) is 2.84. The minimum Gasteiger partial charge on any atom is -0.465 e. The van der Waals surface area contributed by atoms with Gasteiger partial charge in [-0.2, -0.15) is 0 Å². The van der Waals surface area contributed by atoms with Crippen LogP contribution in [-0.4, -0.2) is 28.5 Å². The third-order valence-electron chi connectivity index (χ3n) is 4.95. The second kappa shape index (κ2) is 10.2. The molecule has 8 nitrogen and oxygen atoms in total. The van der Waals surface area contributed by atoms with Crippen LogP contribution in [-0.2, 0) is 10.5 Å². The first-order valence-electron chi connectivity index (χ1n) is 10.4. The molecule has 2 aromatic heterocycles. The number of amides is 2. The lowest BCUT2D eigenvalue weighted by Gasteiger charge is -2.13. The van der Waals surface area contributed by atoms with Crippen LogP contribution < -0.4 is 16.2 Å². The fraction of sp³-hybridized carbons (Fsp3) is 0.120. The van der Waals surface area contributed by atoms with Gasteiger partial charge in [0.15, 0.2) is 0 Å². The number of urea groups is 1. The highest BCUT2D eigenvalue weighted by Crippen LogP contribution is 2.29. The van der Waals surface area contributed by atoms with Gasteiger partial charge in [0.1, 0.15) is 5.65 Å². The van der Waals surface area contributed by atoms with Gasteiger partial charge in [0, 0.05) is 22.9 Å². The number of aromatic nitrogens is 2. The van der Waals surface area contributed by atoms with E-state index in [2.05, 4.69) is 15.6 Å². The van der Waals surface area contributed by atoms with Crippen molar-refractivity contribution in [1.82, 2.24) is 9.38 Å². The Labute approximate surface area is 200 Å². The Kier molecular flexibility index (Phi) is 6.93. The standard InChI is InChI=1S/C25H22N4O4S/c1-16-11-12-22-26-17(13-23(30)29(22)14-16)15-34-21-10-6-5-9-20(21)28-25(32)27-19-8-4-3-7-18(19)24(31)33-2/h3-14H,15H2,1-2H3,(H2,27,28,32). The van der Waals surface area contributed by atoms with E-state index < -0.39 is 12.0 Å². The number of pyridine rings is 1. The van der Waals surface area contributed by atoms with Crippen molar-refractivity contribution in [2.75, 3.05) is 17.7 Å². The van der Waals surface area contributed by atoms with Crippen LogP contribution in [0.4, 0.5) is 16.2 Å². The predicted molar refractivity (Wildman–Crippen MR) is 133 cm³/mol. The normalized spacial score (nSPS) is 10.6. The summed E-state index contributed by atoms with van der Waals surface area (Å²) in [6.45, 7) is 1.92. The van der Waals surface area contributed by atoms with E-state index in [-0.39, 0.29) is 11.1 Å². The van der Waals surface area contributed by atoms with Crippen LogP contribution in [0.1, 0.15) is 21.6 Å². The molecule has 0 saturated carbocycles. The van der Waals surface area contributed by atoms with Gasteiger partial charge in [0.25, 0.3) is 5.56 Å². The number of aryl methyl sites for hydroxylation is 1. The molecule has 0 radical (unpaired) electrons. The lowest BCUT2D eigenvalue weighted by molar-refractivity contribution is 0.0602. The first-order valence-corrected chi connectivity index (χ1v) is 11.4. The van der Waals surface area contributed by atoms with Gasteiger partial charge < -0.3 is 15.4 Å². The maximum absolute atomic E-state index is 12.7. The Balaban J connectivity index is 1.48. The third kappa shape index (κ3) is 5.26. The van der Waals surface area contributed by atoms with E-state index in [0.29, 0.717) is 28.5 Å². The summed E-state index contributed by atoms with van der Waals surface area (Å²) in [5.41, 5.74) is 3.26. The van der Waals surface area contributed by atoms with Crippen LogP contribution in [0.15, 0.2) is 82.6 Å². The lowest BCUT2D eigenvalue weighted by Crippen LogP contribution is -2.21. The number of esters is 1. The first kappa shape index (κ1) is 23.1. The highest BCUT2D eigenvalue weighted by atomic mass is 32.2. The Morgan fingerprint density at radius 3 is 2.50 bits per heavy atom. The van der Waals surface area contributed by atoms with Crippen LogP contribution in [0.2, 0.25) is 0 Å². The summed E-state index contributed by atoms with van der Waals surface area (Å²) in [7, 11) is 1.28. The molecule has 2 aromatic carbocycles. The number of rotatable bonds is 6.